The van der Waals surface area contributed by atoms with Gasteiger partial charge in [-0.15, -0.1) is 0 Å². The second-order valence-corrected chi connectivity index (χ2v) is 6.41. The highest BCUT2D eigenvalue weighted by molar-refractivity contribution is 5.79. The van der Waals surface area contributed by atoms with Crippen LogP contribution in [0.25, 0.3) is 0 Å². The molecule has 26 heavy (non-hydrogen) atoms. The zero-order valence-corrected chi connectivity index (χ0v) is 17.0. The van der Waals surface area contributed by atoms with Crippen molar-refractivity contribution in [1.82, 2.24) is 15.5 Å². The Morgan fingerprint density at radius 2 is 1.85 bits per heavy atom. The number of hydrogen-bond donors (Lipinski definition) is 2. The molecule has 0 amide bonds. The maximum Gasteiger partial charge on any atom is 0.191 e. The quantitative estimate of drug-likeness (QED) is 0.338. The Labute approximate surface area is 159 Å². The maximum atomic E-state index is 5.46. The van der Waals surface area contributed by atoms with Crippen molar-refractivity contribution in [2.45, 2.75) is 25.8 Å². The third-order valence-electron chi connectivity index (χ3n) is 4.27. The van der Waals surface area contributed by atoms with Gasteiger partial charge in [0.25, 0.3) is 0 Å². The van der Waals surface area contributed by atoms with Crippen LogP contribution in [0.15, 0.2) is 29.3 Å². The number of benzene rings is 1. The highest BCUT2D eigenvalue weighted by Gasteiger charge is 2.14. The van der Waals surface area contributed by atoms with Gasteiger partial charge in [0.1, 0.15) is 0 Å². The highest BCUT2D eigenvalue weighted by Crippen LogP contribution is 2.18. The van der Waals surface area contributed by atoms with Crippen molar-refractivity contribution in [3.63, 3.8) is 0 Å². The Morgan fingerprint density at radius 3 is 2.42 bits per heavy atom. The Balaban J connectivity index is 2.40. The largest absolute Gasteiger partial charge is 0.382 e. The van der Waals surface area contributed by atoms with Crippen LogP contribution in [0, 0.1) is 0 Å². The molecular formula is C20H36N4O2. The van der Waals surface area contributed by atoms with Crippen LogP contribution >= 0.6 is 0 Å². The van der Waals surface area contributed by atoms with Crippen LogP contribution in [0.1, 0.15) is 30.5 Å². The lowest BCUT2D eigenvalue weighted by Crippen LogP contribution is -2.42. The van der Waals surface area contributed by atoms with E-state index in [4.69, 9.17) is 9.47 Å². The summed E-state index contributed by atoms with van der Waals surface area (Å²) in [5.74, 6) is 0.818. The molecule has 0 saturated carbocycles. The summed E-state index contributed by atoms with van der Waals surface area (Å²) < 4.78 is 10.4. The minimum absolute atomic E-state index is 0.289. The van der Waals surface area contributed by atoms with Gasteiger partial charge in [-0.2, -0.15) is 0 Å². The van der Waals surface area contributed by atoms with Gasteiger partial charge in [-0.05, 0) is 38.1 Å². The van der Waals surface area contributed by atoms with Gasteiger partial charge in [0, 0.05) is 33.9 Å². The van der Waals surface area contributed by atoms with Gasteiger partial charge in [0.2, 0.25) is 0 Å². The fourth-order valence-electron chi connectivity index (χ4n) is 2.61. The number of aryl methyl sites for hydroxylation is 1. The smallest absolute Gasteiger partial charge is 0.191 e. The van der Waals surface area contributed by atoms with Gasteiger partial charge < -0.3 is 25.0 Å². The Bertz CT molecular complexity index is 503. The van der Waals surface area contributed by atoms with Crippen molar-refractivity contribution in [2.75, 3.05) is 61.2 Å². The third-order valence-corrected chi connectivity index (χ3v) is 4.27. The Hall–Kier alpha value is -1.63. The molecule has 0 spiro atoms. The van der Waals surface area contributed by atoms with Crippen LogP contribution in [0.2, 0.25) is 0 Å². The number of aliphatic imine (C=N–C) groups is 1. The van der Waals surface area contributed by atoms with E-state index in [1.807, 2.05) is 0 Å². The number of likely N-dealkylation sites (N-methyl/N-ethyl adjacent to an activating group) is 1. The van der Waals surface area contributed by atoms with Gasteiger partial charge in [0.15, 0.2) is 5.96 Å². The molecule has 148 valence electrons. The third kappa shape index (κ3) is 8.65. The van der Waals surface area contributed by atoms with Crippen molar-refractivity contribution in [1.29, 1.82) is 0 Å². The number of ether oxygens (including phenoxy) is 2. The molecule has 1 rings (SSSR count). The number of methoxy groups -OCH3 is 1. The zero-order chi connectivity index (χ0) is 19.2. The molecule has 1 atom stereocenters. The van der Waals surface area contributed by atoms with E-state index in [0.717, 1.165) is 38.5 Å². The Morgan fingerprint density at radius 1 is 1.12 bits per heavy atom. The van der Waals surface area contributed by atoms with E-state index in [2.05, 4.69) is 65.8 Å². The van der Waals surface area contributed by atoms with E-state index >= 15 is 0 Å². The van der Waals surface area contributed by atoms with E-state index in [1.54, 1.807) is 14.2 Å². The van der Waals surface area contributed by atoms with E-state index in [1.165, 1.54) is 11.1 Å². The maximum absolute atomic E-state index is 5.46. The standard InChI is InChI=1S/C20H36N4O2/c1-6-17-8-10-18(11-9-17)19(24(3)4)16-23-20(21-2)22-12-7-13-26-15-14-25-5/h8-11,19H,6-7,12-16H2,1-5H3,(H2,21,22,23). The van der Waals surface area contributed by atoms with E-state index in [0.29, 0.717) is 13.2 Å². The molecule has 1 unspecified atom stereocenters. The molecule has 0 saturated heterocycles. The summed E-state index contributed by atoms with van der Waals surface area (Å²) in [5.41, 5.74) is 2.67. The van der Waals surface area contributed by atoms with Crippen LogP contribution < -0.4 is 10.6 Å². The summed E-state index contributed by atoms with van der Waals surface area (Å²) in [5, 5.41) is 6.76. The second kappa shape index (κ2) is 13.6. The highest BCUT2D eigenvalue weighted by atomic mass is 16.5. The summed E-state index contributed by atoms with van der Waals surface area (Å²) in [7, 11) is 7.69. The number of guanidine groups is 1. The van der Waals surface area contributed by atoms with Crippen molar-refractivity contribution < 1.29 is 9.47 Å². The molecule has 0 aromatic heterocycles. The molecule has 0 aliphatic carbocycles. The predicted octanol–water partition coefficient (Wildman–Crippen LogP) is 2.07. The summed E-state index contributed by atoms with van der Waals surface area (Å²) in [6.07, 6.45) is 2.00. The minimum atomic E-state index is 0.289. The summed E-state index contributed by atoms with van der Waals surface area (Å²) in [6.45, 7) is 5.80. The van der Waals surface area contributed by atoms with Crippen LogP contribution in [0.5, 0.6) is 0 Å². The molecule has 6 heteroatoms. The molecule has 1 aromatic carbocycles. The van der Waals surface area contributed by atoms with Crippen molar-refractivity contribution in [2.24, 2.45) is 4.99 Å². The van der Waals surface area contributed by atoms with Gasteiger partial charge >= 0.3 is 0 Å². The van der Waals surface area contributed by atoms with E-state index < -0.39 is 0 Å². The number of hydrogen-bond acceptors (Lipinski definition) is 4. The number of rotatable bonds is 12. The minimum Gasteiger partial charge on any atom is -0.382 e. The lowest BCUT2D eigenvalue weighted by atomic mass is 10.0. The van der Waals surface area contributed by atoms with Gasteiger partial charge in [-0.25, -0.2) is 0 Å². The molecule has 2 N–H and O–H groups in total. The normalized spacial score (nSPS) is 13.1. The molecule has 0 aliphatic heterocycles. The molecule has 6 nitrogen and oxygen atoms in total. The lowest BCUT2D eigenvalue weighted by Gasteiger charge is -2.26. The first-order chi connectivity index (χ1) is 12.6. The van der Waals surface area contributed by atoms with Gasteiger partial charge in [-0.3, -0.25) is 4.99 Å². The monoisotopic (exact) mass is 364 g/mol. The average molecular weight is 365 g/mol. The number of nitrogens with one attached hydrogen (secondary N) is 2. The summed E-state index contributed by atoms with van der Waals surface area (Å²) in [4.78, 5) is 6.53. The second-order valence-electron chi connectivity index (χ2n) is 6.41. The van der Waals surface area contributed by atoms with Crippen LogP contribution in [-0.2, 0) is 15.9 Å². The SMILES string of the molecule is CCc1ccc(C(CNC(=NC)NCCCOCCOC)N(C)C)cc1. The molecule has 0 aliphatic rings. The first-order valence-corrected chi connectivity index (χ1v) is 9.38. The van der Waals surface area contributed by atoms with Crippen molar-refractivity contribution >= 4 is 5.96 Å². The predicted molar refractivity (Wildman–Crippen MR) is 109 cm³/mol. The van der Waals surface area contributed by atoms with Gasteiger partial charge in [0.05, 0.1) is 19.3 Å². The summed E-state index contributed by atoms with van der Waals surface area (Å²) in [6, 6.07) is 9.15. The molecule has 0 bridgehead atoms. The average Bonchev–Trinajstić information content (AvgIpc) is 2.66. The first kappa shape index (κ1) is 22.4. The van der Waals surface area contributed by atoms with E-state index in [9.17, 15) is 0 Å². The zero-order valence-electron chi connectivity index (χ0n) is 17.0. The van der Waals surface area contributed by atoms with Crippen LogP contribution in [0.4, 0.5) is 0 Å². The van der Waals surface area contributed by atoms with Crippen LogP contribution in [0.3, 0.4) is 0 Å². The fraction of sp³-hybridized carbons (Fsp3) is 0.650. The lowest BCUT2D eigenvalue weighted by molar-refractivity contribution is 0.0698. The molecule has 1 aromatic rings. The van der Waals surface area contributed by atoms with Crippen molar-refractivity contribution in [3.05, 3.63) is 35.4 Å². The Kier molecular flexibility index (Phi) is 11.7. The topological polar surface area (TPSA) is 58.1 Å². The van der Waals surface area contributed by atoms with E-state index in [-0.39, 0.29) is 6.04 Å². The van der Waals surface area contributed by atoms with Crippen LogP contribution in [-0.4, -0.2) is 72.0 Å². The molecule has 0 fully saturated rings. The van der Waals surface area contributed by atoms with Gasteiger partial charge in [-0.1, -0.05) is 31.2 Å². The molecule has 0 radical (unpaired) electrons. The van der Waals surface area contributed by atoms with Crippen molar-refractivity contribution in [3.8, 4) is 0 Å². The molecular weight excluding hydrogens is 328 g/mol. The number of nitrogens with zero attached hydrogens (tertiary/aromatic N) is 2. The first-order valence-electron chi connectivity index (χ1n) is 9.38. The summed E-state index contributed by atoms with van der Waals surface area (Å²) >= 11 is 0. The molecule has 0 heterocycles. The fourth-order valence-corrected chi connectivity index (χ4v) is 2.61.